The normalized spacial score (nSPS) is 29.3. The van der Waals surface area contributed by atoms with Gasteiger partial charge in [-0.15, -0.1) is 0 Å². The number of anilines is 2. The van der Waals surface area contributed by atoms with Gasteiger partial charge >= 0.3 is 0 Å². The average Bonchev–Trinajstić information content (AvgIpc) is 3.42. The molecule has 12 nitrogen and oxygen atoms in total. The number of sulfone groups is 1. The molecular formula is C31H38FN5O7S. The van der Waals surface area contributed by atoms with Crippen LogP contribution in [0.25, 0.3) is 0 Å². The number of halogens is 1. The molecule has 3 saturated heterocycles. The van der Waals surface area contributed by atoms with Crippen molar-refractivity contribution in [1.82, 2.24) is 15.1 Å². The minimum Gasteiger partial charge on any atom is -0.385 e. The summed E-state index contributed by atoms with van der Waals surface area (Å²) in [4.78, 5) is 34.6. The second-order valence-corrected chi connectivity index (χ2v) is 14.9. The van der Waals surface area contributed by atoms with E-state index in [0.29, 0.717) is 54.2 Å². The summed E-state index contributed by atoms with van der Waals surface area (Å²) in [7, 11) is -3.61. The second kappa shape index (κ2) is 11.3. The van der Waals surface area contributed by atoms with Crippen LogP contribution in [-0.4, -0.2) is 122 Å². The first-order chi connectivity index (χ1) is 21.4. The van der Waals surface area contributed by atoms with E-state index >= 15 is 0 Å². The molecule has 0 spiro atoms. The van der Waals surface area contributed by atoms with Crippen LogP contribution >= 0.6 is 0 Å². The van der Waals surface area contributed by atoms with Crippen molar-refractivity contribution in [2.24, 2.45) is 5.92 Å². The van der Waals surface area contributed by atoms with Gasteiger partial charge < -0.3 is 25.1 Å². The number of aliphatic hydroxyl groups excluding tert-OH is 3. The predicted molar refractivity (Wildman–Crippen MR) is 163 cm³/mol. The standard InChI is InChI=1S/C31H38FN5O7S/c1-45(43,44)24-7-5-21(19-13-20(32)28(39)27(19)24)36-15-17(16-36)14-34-9-11-35(12-10-34)22-4-2-3-18-26(22)31(42)37(30(18)41)23-6-8-25(38)33-29(23)40/h2-5,7,17,20,23,25,28-29,33,38-40H,6,8-16H2,1H3/t20-,23?,25?,28+,29?/m0/s1. The second-order valence-electron chi connectivity index (χ2n) is 12.9. The molecule has 7 rings (SSSR count). The molecule has 242 valence electrons. The Labute approximate surface area is 260 Å². The molecule has 1 aliphatic carbocycles. The summed E-state index contributed by atoms with van der Waals surface area (Å²) in [5.41, 5.74) is 2.97. The van der Waals surface area contributed by atoms with Crippen molar-refractivity contribution in [3.05, 3.63) is 52.6 Å². The zero-order chi connectivity index (χ0) is 31.8. The highest BCUT2D eigenvalue weighted by Crippen LogP contribution is 2.44. The van der Waals surface area contributed by atoms with E-state index in [2.05, 4.69) is 20.0 Å². The molecule has 3 fully saturated rings. The van der Waals surface area contributed by atoms with Crippen LogP contribution in [0.1, 0.15) is 50.8 Å². The number of rotatable bonds is 6. The first-order valence-corrected chi connectivity index (χ1v) is 17.3. The number of hydrogen-bond donors (Lipinski definition) is 4. The minimum absolute atomic E-state index is 0.00454. The number of amides is 2. The molecule has 5 aliphatic rings. The van der Waals surface area contributed by atoms with E-state index < -0.39 is 52.4 Å². The number of carbonyl (C=O) groups excluding carboxylic acids is 2. The van der Waals surface area contributed by atoms with Gasteiger partial charge in [0.15, 0.2) is 9.84 Å². The van der Waals surface area contributed by atoms with Crippen LogP contribution in [0.5, 0.6) is 0 Å². The first-order valence-electron chi connectivity index (χ1n) is 15.5. The molecule has 45 heavy (non-hydrogen) atoms. The smallest absolute Gasteiger partial charge is 0.264 e. The van der Waals surface area contributed by atoms with Crippen molar-refractivity contribution in [3.63, 3.8) is 0 Å². The number of hydrogen-bond acceptors (Lipinski definition) is 11. The summed E-state index contributed by atoms with van der Waals surface area (Å²) in [6, 6.07) is 7.74. The molecule has 5 atom stereocenters. The Hall–Kier alpha value is -3.14. The van der Waals surface area contributed by atoms with E-state index in [4.69, 9.17) is 0 Å². The maximum Gasteiger partial charge on any atom is 0.264 e. The summed E-state index contributed by atoms with van der Waals surface area (Å²) >= 11 is 0. The number of benzene rings is 2. The Balaban J connectivity index is 0.978. The van der Waals surface area contributed by atoms with Gasteiger partial charge in [0.25, 0.3) is 11.8 Å². The zero-order valence-corrected chi connectivity index (χ0v) is 25.8. The maximum atomic E-state index is 14.5. The number of alkyl halides is 1. The number of fused-ring (bicyclic) bond motifs is 2. The number of imide groups is 1. The fraction of sp³-hybridized carbons (Fsp3) is 0.548. The van der Waals surface area contributed by atoms with Crippen molar-refractivity contribution in [3.8, 4) is 0 Å². The van der Waals surface area contributed by atoms with Crippen molar-refractivity contribution in [2.75, 3.05) is 61.9 Å². The lowest BCUT2D eigenvalue weighted by molar-refractivity contribution is -0.0413. The predicted octanol–water partition coefficient (Wildman–Crippen LogP) is 0.261. The van der Waals surface area contributed by atoms with Crippen molar-refractivity contribution < 1.29 is 37.7 Å². The Kier molecular flexibility index (Phi) is 7.65. The van der Waals surface area contributed by atoms with Gasteiger partial charge in [0.1, 0.15) is 24.7 Å². The summed E-state index contributed by atoms with van der Waals surface area (Å²) in [5, 5.41) is 33.3. The SMILES string of the molecule is CS(=O)(=O)c1ccc(N2CC(CN3CCN(c4cccc5c4C(=O)N(C4CCC(O)NC4O)C5=O)CC3)C2)c2c1[C@H](O)[C@@H](F)C2. The summed E-state index contributed by atoms with van der Waals surface area (Å²) in [6.45, 7) is 5.23. The van der Waals surface area contributed by atoms with Crippen LogP contribution in [-0.2, 0) is 16.3 Å². The minimum atomic E-state index is -3.61. The van der Waals surface area contributed by atoms with Crippen LogP contribution in [0.4, 0.5) is 15.8 Å². The van der Waals surface area contributed by atoms with Crippen LogP contribution in [0, 0.1) is 5.92 Å². The Morgan fingerprint density at radius 2 is 1.67 bits per heavy atom. The molecule has 14 heteroatoms. The van der Waals surface area contributed by atoms with Crippen LogP contribution in [0.3, 0.4) is 0 Å². The highest BCUT2D eigenvalue weighted by molar-refractivity contribution is 7.90. The molecule has 4 N–H and O–H groups in total. The molecule has 0 saturated carbocycles. The van der Waals surface area contributed by atoms with Gasteiger partial charge in [0, 0.05) is 75.7 Å². The number of piperazine rings is 1. The highest BCUT2D eigenvalue weighted by Gasteiger charge is 2.46. The third kappa shape index (κ3) is 5.21. The molecule has 0 aromatic heterocycles. The molecule has 2 aromatic carbocycles. The molecular weight excluding hydrogens is 605 g/mol. The third-order valence-electron chi connectivity index (χ3n) is 9.98. The number of aliphatic hydroxyl groups is 3. The topological polar surface area (TPSA) is 154 Å². The monoisotopic (exact) mass is 643 g/mol. The van der Waals surface area contributed by atoms with E-state index in [9.17, 15) is 37.7 Å². The van der Waals surface area contributed by atoms with E-state index in [0.717, 1.165) is 49.6 Å². The van der Waals surface area contributed by atoms with E-state index in [1.807, 2.05) is 6.07 Å². The largest absolute Gasteiger partial charge is 0.385 e. The van der Waals surface area contributed by atoms with Gasteiger partial charge in [0.2, 0.25) is 0 Å². The molecule has 4 aliphatic heterocycles. The van der Waals surface area contributed by atoms with E-state index in [-0.39, 0.29) is 16.9 Å². The number of carbonyl (C=O) groups is 2. The third-order valence-corrected chi connectivity index (χ3v) is 11.1. The Morgan fingerprint density at radius 1 is 0.933 bits per heavy atom. The highest BCUT2D eigenvalue weighted by atomic mass is 32.2. The molecule has 2 aromatic rings. The molecule has 2 amide bonds. The maximum absolute atomic E-state index is 14.5. The van der Waals surface area contributed by atoms with Gasteiger partial charge in [-0.3, -0.25) is 24.7 Å². The number of piperidine rings is 1. The van der Waals surface area contributed by atoms with Crippen LogP contribution in [0.2, 0.25) is 0 Å². The van der Waals surface area contributed by atoms with E-state index in [1.165, 1.54) is 6.07 Å². The summed E-state index contributed by atoms with van der Waals surface area (Å²) in [6.07, 6.45) is -3.35. The molecule has 0 bridgehead atoms. The molecule has 3 unspecified atom stereocenters. The Morgan fingerprint density at radius 3 is 2.36 bits per heavy atom. The quantitative estimate of drug-likeness (QED) is 0.321. The van der Waals surface area contributed by atoms with Crippen LogP contribution < -0.4 is 15.1 Å². The van der Waals surface area contributed by atoms with Crippen LogP contribution in [0.15, 0.2) is 35.2 Å². The first kappa shape index (κ1) is 30.5. The zero-order valence-electron chi connectivity index (χ0n) is 25.0. The van der Waals surface area contributed by atoms with Gasteiger partial charge in [-0.2, -0.15) is 0 Å². The fourth-order valence-corrected chi connectivity index (χ4v) is 8.65. The lowest BCUT2D eigenvalue weighted by atomic mass is 9.95. The lowest BCUT2D eigenvalue weighted by Crippen LogP contribution is -2.58. The lowest BCUT2D eigenvalue weighted by Gasteiger charge is -2.45. The average molecular weight is 644 g/mol. The molecule has 4 heterocycles. The fourth-order valence-electron chi connectivity index (χ4n) is 7.69. The van der Waals surface area contributed by atoms with Crippen molar-refractivity contribution >= 4 is 33.0 Å². The van der Waals surface area contributed by atoms with Gasteiger partial charge in [-0.25, -0.2) is 12.8 Å². The summed E-state index contributed by atoms with van der Waals surface area (Å²) in [5.74, 6) is -0.482. The summed E-state index contributed by atoms with van der Waals surface area (Å²) < 4.78 is 39.0. The Bertz CT molecular complexity index is 1640. The number of nitrogens with one attached hydrogen (secondary N) is 1. The van der Waals surface area contributed by atoms with Crippen molar-refractivity contribution in [2.45, 2.75) is 54.9 Å². The van der Waals surface area contributed by atoms with Gasteiger partial charge in [0.05, 0.1) is 27.8 Å². The number of nitrogens with zero attached hydrogens (tertiary/aromatic N) is 4. The van der Waals surface area contributed by atoms with E-state index in [1.54, 1.807) is 18.2 Å². The van der Waals surface area contributed by atoms with Gasteiger partial charge in [-0.05, 0) is 42.7 Å². The van der Waals surface area contributed by atoms with Gasteiger partial charge in [-0.1, -0.05) is 6.07 Å². The molecule has 0 radical (unpaired) electrons. The van der Waals surface area contributed by atoms with Crippen molar-refractivity contribution in [1.29, 1.82) is 0 Å².